The number of amides is 1. The maximum atomic E-state index is 10.9. The van der Waals surface area contributed by atoms with Gasteiger partial charge in [-0.25, -0.2) is 0 Å². The number of nitrogens with zero attached hydrogens (tertiary/aromatic N) is 1. The smallest absolute Gasteiger partial charge is 0.237 e. The molecule has 0 bridgehead atoms. The van der Waals surface area contributed by atoms with E-state index in [0.29, 0.717) is 0 Å². The zero-order valence-electron chi connectivity index (χ0n) is 5.85. The molecule has 1 rings (SSSR count). The lowest BCUT2D eigenvalue weighted by Gasteiger charge is -2.25. The summed E-state index contributed by atoms with van der Waals surface area (Å²) in [5.41, 5.74) is 0. The second-order valence-electron chi connectivity index (χ2n) is 2.38. The Bertz CT molecular complexity index is 121. The van der Waals surface area contributed by atoms with Crippen LogP contribution in [0.2, 0.25) is 0 Å². The SMILES string of the molecule is O=C(CCl)N1CC[CH]CC1. The molecule has 0 aromatic rings. The van der Waals surface area contributed by atoms with Gasteiger partial charge >= 0.3 is 0 Å². The first-order valence-corrected chi connectivity index (χ1v) is 4.03. The Kier molecular flexibility index (Phi) is 3.00. The van der Waals surface area contributed by atoms with Crippen LogP contribution in [0.25, 0.3) is 0 Å². The number of hydrogen-bond acceptors (Lipinski definition) is 1. The fourth-order valence-corrected chi connectivity index (χ4v) is 1.25. The van der Waals surface area contributed by atoms with E-state index >= 15 is 0 Å². The van der Waals surface area contributed by atoms with Crippen molar-refractivity contribution in [1.82, 2.24) is 4.90 Å². The topological polar surface area (TPSA) is 20.3 Å². The summed E-state index contributed by atoms with van der Waals surface area (Å²) < 4.78 is 0. The number of piperidine rings is 1. The standard InChI is InChI=1S/C7H11ClNO/c8-6-7(10)9-4-2-1-3-5-9/h1H,2-6H2. The van der Waals surface area contributed by atoms with E-state index in [1.54, 1.807) is 0 Å². The Morgan fingerprint density at radius 3 is 2.60 bits per heavy atom. The molecule has 0 N–H and O–H groups in total. The van der Waals surface area contributed by atoms with Crippen molar-refractivity contribution >= 4 is 17.5 Å². The van der Waals surface area contributed by atoms with Crippen molar-refractivity contribution in [3.8, 4) is 0 Å². The largest absolute Gasteiger partial charge is 0.342 e. The van der Waals surface area contributed by atoms with E-state index in [1.165, 1.54) is 0 Å². The Morgan fingerprint density at radius 2 is 2.10 bits per heavy atom. The van der Waals surface area contributed by atoms with Crippen LogP contribution in [0.3, 0.4) is 0 Å². The van der Waals surface area contributed by atoms with Crippen molar-refractivity contribution in [3.05, 3.63) is 6.42 Å². The third-order valence-electron chi connectivity index (χ3n) is 1.67. The van der Waals surface area contributed by atoms with Crippen molar-refractivity contribution in [2.75, 3.05) is 19.0 Å². The van der Waals surface area contributed by atoms with Crippen LogP contribution < -0.4 is 0 Å². The Balaban J connectivity index is 2.31. The fourth-order valence-electron chi connectivity index (χ4n) is 1.08. The van der Waals surface area contributed by atoms with Crippen LogP contribution in [-0.2, 0) is 4.79 Å². The van der Waals surface area contributed by atoms with E-state index in [9.17, 15) is 4.79 Å². The molecule has 0 aromatic heterocycles. The van der Waals surface area contributed by atoms with Crippen LogP contribution in [0.5, 0.6) is 0 Å². The van der Waals surface area contributed by atoms with E-state index in [-0.39, 0.29) is 11.8 Å². The lowest BCUT2D eigenvalue weighted by atomic mass is 10.1. The monoisotopic (exact) mass is 160 g/mol. The maximum absolute atomic E-state index is 10.9. The molecule has 0 saturated carbocycles. The molecule has 0 aromatic carbocycles. The first-order chi connectivity index (χ1) is 4.84. The molecule has 1 fully saturated rings. The molecule has 57 valence electrons. The average Bonchev–Trinajstić information content (AvgIpc) is 2.05. The van der Waals surface area contributed by atoms with Gasteiger partial charge in [-0.15, -0.1) is 11.6 Å². The molecule has 1 aliphatic heterocycles. The lowest BCUT2D eigenvalue weighted by Crippen LogP contribution is -2.36. The molecule has 0 spiro atoms. The maximum Gasteiger partial charge on any atom is 0.237 e. The van der Waals surface area contributed by atoms with E-state index in [2.05, 4.69) is 6.42 Å². The van der Waals surface area contributed by atoms with Crippen molar-refractivity contribution in [2.45, 2.75) is 12.8 Å². The quantitative estimate of drug-likeness (QED) is 0.526. The summed E-state index contributed by atoms with van der Waals surface area (Å²) in [6, 6.07) is 0. The minimum atomic E-state index is 0.0646. The summed E-state index contributed by atoms with van der Waals surface area (Å²) in [6.07, 6.45) is 4.24. The number of alkyl halides is 1. The molecule has 1 radical (unpaired) electrons. The van der Waals surface area contributed by atoms with Crippen molar-refractivity contribution in [3.63, 3.8) is 0 Å². The van der Waals surface area contributed by atoms with Crippen molar-refractivity contribution in [1.29, 1.82) is 0 Å². The third-order valence-corrected chi connectivity index (χ3v) is 1.90. The van der Waals surface area contributed by atoms with Crippen LogP contribution in [-0.4, -0.2) is 29.8 Å². The highest BCUT2D eigenvalue weighted by atomic mass is 35.5. The number of carbonyl (C=O) groups is 1. The molecule has 0 unspecified atom stereocenters. The average molecular weight is 161 g/mol. The summed E-state index contributed by atoms with van der Waals surface area (Å²) in [4.78, 5) is 12.8. The van der Waals surface area contributed by atoms with Crippen LogP contribution >= 0.6 is 11.6 Å². The summed E-state index contributed by atoms with van der Waals surface area (Å²) in [5, 5.41) is 0. The van der Waals surface area contributed by atoms with Crippen molar-refractivity contribution in [2.24, 2.45) is 0 Å². The van der Waals surface area contributed by atoms with Gasteiger partial charge in [-0.3, -0.25) is 4.79 Å². The molecule has 1 heterocycles. The highest BCUT2D eigenvalue weighted by Crippen LogP contribution is 2.07. The number of carbonyl (C=O) groups excluding carboxylic acids is 1. The number of hydrogen-bond donors (Lipinski definition) is 0. The second kappa shape index (κ2) is 3.81. The van der Waals surface area contributed by atoms with Crippen LogP contribution in [0.4, 0.5) is 0 Å². The number of rotatable bonds is 1. The van der Waals surface area contributed by atoms with Gasteiger partial charge in [0.05, 0.1) is 0 Å². The highest BCUT2D eigenvalue weighted by Gasteiger charge is 2.14. The Labute approximate surface area is 66.1 Å². The molecule has 1 saturated heterocycles. The van der Waals surface area contributed by atoms with Gasteiger partial charge in [0.25, 0.3) is 0 Å². The molecule has 2 nitrogen and oxygen atoms in total. The molecular weight excluding hydrogens is 150 g/mol. The highest BCUT2D eigenvalue weighted by molar-refractivity contribution is 6.27. The first kappa shape index (κ1) is 7.86. The van der Waals surface area contributed by atoms with Gasteiger partial charge in [0.2, 0.25) is 5.91 Å². The van der Waals surface area contributed by atoms with Gasteiger partial charge in [-0.2, -0.15) is 0 Å². The van der Waals surface area contributed by atoms with Gasteiger partial charge in [0.1, 0.15) is 5.88 Å². The zero-order chi connectivity index (χ0) is 7.40. The second-order valence-corrected chi connectivity index (χ2v) is 2.65. The molecule has 0 aliphatic carbocycles. The minimum Gasteiger partial charge on any atom is -0.342 e. The van der Waals surface area contributed by atoms with Crippen LogP contribution in [0.15, 0.2) is 0 Å². The van der Waals surface area contributed by atoms with Gasteiger partial charge in [-0.05, 0) is 19.3 Å². The summed E-state index contributed by atoms with van der Waals surface area (Å²) >= 11 is 5.38. The Hall–Kier alpha value is -0.240. The van der Waals surface area contributed by atoms with Gasteiger partial charge in [-0.1, -0.05) is 0 Å². The van der Waals surface area contributed by atoms with E-state index < -0.39 is 0 Å². The molecular formula is C7H11ClNO. The van der Waals surface area contributed by atoms with Crippen LogP contribution in [0, 0.1) is 6.42 Å². The normalized spacial score (nSPS) is 19.1. The van der Waals surface area contributed by atoms with E-state index in [0.717, 1.165) is 25.9 Å². The van der Waals surface area contributed by atoms with E-state index in [1.807, 2.05) is 4.90 Å². The van der Waals surface area contributed by atoms with Gasteiger partial charge in [0.15, 0.2) is 0 Å². The lowest BCUT2D eigenvalue weighted by molar-refractivity contribution is -0.128. The van der Waals surface area contributed by atoms with Gasteiger partial charge in [0, 0.05) is 13.1 Å². The summed E-state index contributed by atoms with van der Waals surface area (Å²) in [7, 11) is 0. The third kappa shape index (κ3) is 1.87. The molecule has 1 amide bonds. The molecule has 0 atom stereocenters. The van der Waals surface area contributed by atoms with Gasteiger partial charge < -0.3 is 4.90 Å². The molecule has 10 heavy (non-hydrogen) atoms. The van der Waals surface area contributed by atoms with E-state index in [4.69, 9.17) is 11.6 Å². The summed E-state index contributed by atoms with van der Waals surface area (Å²) in [5.74, 6) is 0.190. The minimum absolute atomic E-state index is 0.0646. The first-order valence-electron chi connectivity index (χ1n) is 3.50. The number of halogens is 1. The summed E-state index contributed by atoms with van der Waals surface area (Å²) in [6.45, 7) is 1.71. The van der Waals surface area contributed by atoms with Crippen molar-refractivity contribution < 1.29 is 4.79 Å². The fraction of sp³-hybridized carbons (Fsp3) is 0.714. The molecule has 1 aliphatic rings. The Morgan fingerprint density at radius 1 is 1.50 bits per heavy atom. The predicted molar refractivity (Wildman–Crippen MR) is 40.8 cm³/mol. The predicted octanol–water partition coefficient (Wildman–Crippen LogP) is 1.05. The van der Waals surface area contributed by atoms with Crippen LogP contribution in [0.1, 0.15) is 12.8 Å². The number of likely N-dealkylation sites (tertiary alicyclic amines) is 1. The zero-order valence-corrected chi connectivity index (χ0v) is 6.60. The molecule has 3 heteroatoms.